The lowest BCUT2D eigenvalue weighted by Gasteiger charge is -2.22. The number of alkyl halides is 1. The molecule has 2 N–H and O–H groups in total. The van der Waals surface area contributed by atoms with Crippen molar-refractivity contribution in [2.75, 3.05) is 13.2 Å². The normalized spacial score (nSPS) is 15.9. The predicted octanol–water partition coefficient (Wildman–Crippen LogP) is 1.97. The summed E-state index contributed by atoms with van der Waals surface area (Å²) in [6, 6.07) is 3.31. The first-order valence-electron chi connectivity index (χ1n) is 5.16. The number of ether oxygens (including phenoxy) is 2. The summed E-state index contributed by atoms with van der Waals surface area (Å²) >= 11 is 0. The van der Waals surface area contributed by atoms with Gasteiger partial charge in [0.2, 0.25) is 0 Å². The fourth-order valence-corrected chi connectivity index (χ4v) is 1.70. The van der Waals surface area contributed by atoms with E-state index in [1.165, 1.54) is 6.92 Å². The fourth-order valence-electron chi connectivity index (χ4n) is 1.70. The zero-order valence-corrected chi connectivity index (χ0v) is 9.00. The Morgan fingerprint density at radius 1 is 1.44 bits per heavy atom. The SMILES string of the molecule is CC(F)c1cc(CNO)c2c(c1)OCCO2. The summed E-state index contributed by atoms with van der Waals surface area (Å²) in [5.74, 6) is 1.12. The topological polar surface area (TPSA) is 50.7 Å². The van der Waals surface area contributed by atoms with Gasteiger partial charge < -0.3 is 14.7 Å². The molecular weight excluding hydrogens is 213 g/mol. The van der Waals surface area contributed by atoms with E-state index in [2.05, 4.69) is 0 Å². The van der Waals surface area contributed by atoms with Crippen LogP contribution in [0.1, 0.15) is 24.2 Å². The summed E-state index contributed by atoms with van der Waals surface area (Å²) in [6.07, 6.45) is -1.08. The van der Waals surface area contributed by atoms with Crippen LogP contribution in [-0.2, 0) is 6.54 Å². The molecule has 0 fully saturated rings. The molecule has 1 aromatic rings. The highest BCUT2D eigenvalue weighted by molar-refractivity contribution is 5.50. The molecule has 0 aromatic heterocycles. The van der Waals surface area contributed by atoms with Gasteiger partial charge in [0, 0.05) is 12.1 Å². The lowest BCUT2D eigenvalue weighted by molar-refractivity contribution is 0.150. The Bertz CT molecular complexity index is 382. The number of fused-ring (bicyclic) bond motifs is 1. The third-order valence-corrected chi connectivity index (χ3v) is 2.47. The molecule has 0 spiro atoms. The van der Waals surface area contributed by atoms with E-state index in [9.17, 15) is 4.39 Å². The van der Waals surface area contributed by atoms with E-state index in [0.717, 1.165) is 0 Å². The van der Waals surface area contributed by atoms with Crippen molar-refractivity contribution in [1.29, 1.82) is 0 Å². The van der Waals surface area contributed by atoms with Crippen LogP contribution in [0.25, 0.3) is 0 Å². The fraction of sp³-hybridized carbons (Fsp3) is 0.455. The molecule has 4 nitrogen and oxygen atoms in total. The zero-order chi connectivity index (χ0) is 11.5. The van der Waals surface area contributed by atoms with E-state index in [1.807, 2.05) is 5.48 Å². The zero-order valence-electron chi connectivity index (χ0n) is 9.00. The summed E-state index contributed by atoms with van der Waals surface area (Å²) in [5, 5.41) is 8.71. The van der Waals surface area contributed by atoms with Crippen molar-refractivity contribution in [2.24, 2.45) is 0 Å². The molecule has 0 aliphatic carbocycles. The van der Waals surface area contributed by atoms with Gasteiger partial charge in [-0.2, -0.15) is 0 Å². The Morgan fingerprint density at radius 3 is 2.88 bits per heavy atom. The lowest BCUT2D eigenvalue weighted by Crippen LogP contribution is -2.18. The highest BCUT2D eigenvalue weighted by Gasteiger charge is 2.19. The van der Waals surface area contributed by atoms with Crippen LogP contribution in [0.3, 0.4) is 0 Å². The van der Waals surface area contributed by atoms with Gasteiger partial charge in [-0.3, -0.25) is 0 Å². The second kappa shape index (κ2) is 4.67. The van der Waals surface area contributed by atoms with Gasteiger partial charge in [-0.25, -0.2) is 9.87 Å². The first kappa shape index (κ1) is 11.2. The third kappa shape index (κ3) is 2.10. The number of rotatable bonds is 3. The number of nitrogens with one attached hydrogen (secondary N) is 1. The molecule has 0 amide bonds. The minimum atomic E-state index is -1.08. The van der Waals surface area contributed by atoms with E-state index in [0.29, 0.717) is 35.8 Å². The van der Waals surface area contributed by atoms with Crippen LogP contribution < -0.4 is 15.0 Å². The second-order valence-corrected chi connectivity index (χ2v) is 3.66. The molecule has 0 saturated heterocycles. The highest BCUT2D eigenvalue weighted by atomic mass is 19.1. The molecule has 1 aromatic carbocycles. The maximum atomic E-state index is 13.2. The van der Waals surface area contributed by atoms with E-state index < -0.39 is 6.17 Å². The van der Waals surface area contributed by atoms with Crippen LogP contribution in [0.5, 0.6) is 11.5 Å². The Kier molecular flexibility index (Phi) is 3.26. The molecule has 1 heterocycles. The number of benzene rings is 1. The number of halogens is 1. The van der Waals surface area contributed by atoms with Crippen LogP contribution >= 0.6 is 0 Å². The summed E-state index contributed by atoms with van der Waals surface area (Å²) in [6.45, 7) is 2.59. The van der Waals surface area contributed by atoms with Crippen molar-refractivity contribution in [3.8, 4) is 11.5 Å². The van der Waals surface area contributed by atoms with Crippen LogP contribution in [0.4, 0.5) is 4.39 Å². The average Bonchev–Trinajstić information content (AvgIpc) is 2.29. The quantitative estimate of drug-likeness (QED) is 0.775. The van der Waals surface area contributed by atoms with Crippen molar-refractivity contribution in [1.82, 2.24) is 5.48 Å². The monoisotopic (exact) mass is 227 g/mol. The molecule has 0 saturated carbocycles. The summed E-state index contributed by atoms with van der Waals surface area (Å²) in [4.78, 5) is 0. The van der Waals surface area contributed by atoms with Crippen molar-refractivity contribution in [3.05, 3.63) is 23.3 Å². The van der Waals surface area contributed by atoms with Gasteiger partial charge in [0.1, 0.15) is 19.4 Å². The summed E-state index contributed by atoms with van der Waals surface area (Å²) in [7, 11) is 0. The molecule has 88 valence electrons. The summed E-state index contributed by atoms with van der Waals surface area (Å²) < 4.78 is 24.1. The number of hydrogen-bond donors (Lipinski definition) is 2. The van der Waals surface area contributed by atoms with Crippen molar-refractivity contribution < 1.29 is 19.1 Å². The van der Waals surface area contributed by atoms with Crippen molar-refractivity contribution in [3.63, 3.8) is 0 Å². The predicted molar refractivity (Wildman–Crippen MR) is 55.6 cm³/mol. The summed E-state index contributed by atoms with van der Waals surface area (Å²) in [5.41, 5.74) is 3.26. The first-order valence-corrected chi connectivity index (χ1v) is 5.16. The van der Waals surface area contributed by atoms with E-state index in [-0.39, 0.29) is 6.54 Å². The van der Waals surface area contributed by atoms with Gasteiger partial charge in [0.25, 0.3) is 0 Å². The maximum Gasteiger partial charge on any atom is 0.165 e. The van der Waals surface area contributed by atoms with Crippen molar-refractivity contribution in [2.45, 2.75) is 19.6 Å². The van der Waals surface area contributed by atoms with Crippen LogP contribution in [-0.4, -0.2) is 18.4 Å². The maximum absolute atomic E-state index is 13.2. The van der Waals surface area contributed by atoms with Gasteiger partial charge in [-0.05, 0) is 24.6 Å². The van der Waals surface area contributed by atoms with Gasteiger partial charge in [0.15, 0.2) is 11.5 Å². The van der Waals surface area contributed by atoms with Crippen LogP contribution in [0, 0.1) is 0 Å². The van der Waals surface area contributed by atoms with Gasteiger partial charge in [-0.15, -0.1) is 0 Å². The molecule has 1 aliphatic rings. The van der Waals surface area contributed by atoms with Crippen LogP contribution in [0.15, 0.2) is 12.1 Å². The van der Waals surface area contributed by atoms with Gasteiger partial charge in [-0.1, -0.05) is 0 Å². The molecule has 1 aliphatic heterocycles. The van der Waals surface area contributed by atoms with Crippen molar-refractivity contribution >= 4 is 0 Å². The minimum Gasteiger partial charge on any atom is -0.486 e. The number of hydroxylamine groups is 1. The van der Waals surface area contributed by atoms with Crippen LogP contribution in [0.2, 0.25) is 0 Å². The lowest BCUT2D eigenvalue weighted by atomic mass is 10.1. The van der Waals surface area contributed by atoms with Gasteiger partial charge >= 0.3 is 0 Å². The Balaban J connectivity index is 2.43. The standard InChI is InChI=1S/C11H14FNO3/c1-7(12)8-4-9(6-13-14)11-10(5-8)15-2-3-16-11/h4-5,7,13-14H,2-3,6H2,1H3. The highest BCUT2D eigenvalue weighted by Crippen LogP contribution is 2.37. The van der Waals surface area contributed by atoms with Gasteiger partial charge in [0.05, 0.1) is 0 Å². The largest absolute Gasteiger partial charge is 0.486 e. The molecule has 2 rings (SSSR count). The van der Waals surface area contributed by atoms with E-state index >= 15 is 0 Å². The Morgan fingerprint density at radius 2 is 2.19 bits per heavy atom. The molecule has 5 heteroatoms. The number of hydrogen-bond acceptors (Lipinski definition) is 4. The second-order valence-electron chi connectivity index (χ2n) is 3.66. The first-order chi connectivity index (χ1) is 7.72. The Labute approximate surface area is 92.9 Å². The average molecular weight is 227 g/mol. The minimum absolute atomic E-state index is 0.201. The molecule has 0 bridgehead atoms. The smallest absolute Gasteiger partial charge is 0.165 e. The molecule has 0 radical (unpaired) electrons. The molecule has 16 heavy (non-hydrogen) atoms. The molecule has 1 atom stereocenters. The van der Waals surface area contributed by atoms with E-state index in [1.54, 1.807) is 12.1 Å². The molecule has 1 unspecified atom stereocenters. The van der Waals surface area contributed by atoms with E-state index in [4.69, 9.17) is 14.7 Å². The third-order valence-electron chi connectivity index (χ3n) is 2.47. The molecular formula is C11H14FNO3. The Hall–Kier alpha value is -1.33.